The molecule has 1 amide bonds. The van der Waals surface area contributed by atoms with Crippen molar-refractivity contribution in [3.63, 3.8) is 0 Å². The van der Waals surface area contributed by atoms with Gasteiger partial charge in [-0.25, -0.2) is 12.8 Å². The molecule has 2 unspecified atom stereocenters. The van der Waals surface area contributed by atoms with Gasteiger partial charge in [-0.3, -0.25) is 14.4 Å². The van der Waals surface area contributed by atoms with Gasteiger partial charge in [-0.15, -0.1) is 0 Å². The zero-order valence-electron chi connectivity index (χ0n) is 19.5. The van der Waals surface area contributed by atoms with Gasteiger partial charge >= 0.3 is 0 Å². The van der Waals surface area contributed by atoms with Crippen LogP contribution in [0.2, 0.25) is 5.02 Å². The molecule has 2 N–H and O–H groups in total. The number of benzene rings is 2. The Morgan fingerprint density at radius 3 is 2.49 bits per heavy atom. The number of hydrogen-bond donors (Lipinski definition) is 2. The molecule has 35 heavy (non-hydrogen) atoms. The smallest absolute Gasteiger partial charge is 0.247 e. The number of hydrogen-bond acceptors (Lipinski definition) is 6. The molecule has 8 nitrogen and oxygen atoms in total. The summed E-state index contributed by atoms with van der Waals surface area (Å²) in [5.41, 5.74) is 1.75. The van der Waals surface area contributed by atoms with Gasteiger partial charge in [-0.05, 0) is 35.9 Å². The van der Waals surface area contributed by atoms with Gasteiger partial charge in [0, 0.05) is 44.4 Å². The van der Waals surface area contributed by atoms with Crippen molar-refractivity contribution in [2.24, 2.45) is 0 Å². The van der Waals surface area contributed by atoms with Gasteiger partial charge in [0.05, 0.1) is 36.2 Å². The van der Waals surface area contributed by atoms with E-state index in [4.69, 9.17) is 16.3 Å². The molecule has 4 rings (SSSR count). The third kappa shape index (κ3) is 6.32. The Hall–Kier alpha value is -2.66. The lowest BCUT2D eigenvalue weighted by molar-refractivity contribution is -0.136. The quantitative estimate of drug-likeness (QED) is 0.543. The number of sulfonamides is 1. The SMILES string of the molecule is COc1cc(C=CC(=O)N2C3CNCC2CN(Cc2ccc(F)cc2)C3)c(NS(C)(=O)=O)cc1Cl. The Morgan fingerprint density at radius 2 is 1.89 bits per heavy atom. The summed E-state index contributed by atoms with van der Waals surface area (Å²) in [5.74, 6) is -0.0410. The second kappa shape index (κ2) is 10.5. The van der Waals surface area contributed by atoms with Crippen LogP contribution in [0.4, 0.5) is 10.1 Å². The van der Waals surface area contributed by atoms with E-state index in [9.17, 15) is 17.6 Å². The van der Waals surface area contributed by atoms with Crippen molar-refractivity contribution >= 4 is 39.3 Å². The number of amides is 1. The van der Waals surface area contributed by atoms with Crippen LogP contribution in [0.15, 0.2) is 42.5 Å². The number of methoxy groups -OCH3 is 1. The number of nitrogens with zero attached hydrogens (tertiary/aromatic N) is 2. The topological polar surface area (TPSA) is 91.0 Å². The highest BCUT2D eigenvalue weighted by molar-refractivity contribution is 7.92. The lowest BCUT2D eigenvalue weighted by Crippen LogP contribution is -2.68. The fourth-order valence-electron chi connectivity index (χ4n) is 4.62. The van der Waals surface area contributed by atoms with E-state index in [1.54, 1.807) is 24.3 Å². The standard InChI is InChI=1S/C24H28ClFN4O4S/c1-34-23-9-17(22(10-21(23)25)28-35(2,32)33)5-8-24(31)30-19-11-27-12-20(30)15-29(14-19)13-16-3-6-18(26)7-4-16/h3-10,19-20,27-28H,11-15H2,1-2H3. The maximum Gasteiger partial charge on any atom is 0.247 e. The molecule has 188 valence electrons. The average Bonchev–Trinajstić information content (AvgIpc) is 2.78. The molecular formula is C24H28ClFN4O4S. The molecule has 2 bridgehead atoms. The van der Waals surface area contributed by atoms with Crippen LogP contribution in [0.3, 0.4) is 0 Å². The van der Waals surface area contributed by atoms with Crippen molar-refractivity contribution in [3.8, 4) is 5.75 Å². The third-order valence-electron chi connectivity index (χ3n) is 6.08. The number of carbonyl (C=O) groups is 1. The van der Waals surface area contributed by atoms with Gasteiger partial charge in [0.25, 0.3) is 0 Å². The van der Waals surface area contributed by atoms with Gasteiger partial charge in [-0.2, -0.15) is 0 Å². The maximum absolute atomic E-state index is 13.3. The molecule has 0 saturated carbocycles. The first-order chi connectivity index (χ1) is 16.6. The summed E-state index contributed by atoms with van der Waals surface area (Å²) in [5, 5.41) is 3.64. The van der Waals surface area contributed by atoms with Crippen LogP contribution in [0.5, 0.6) is 5.75 Å². The lowest BCUT2D eigenvalue weighted by Gasteiger charge is -2.50. The summed E-state index contributed by atoms with van der Waals surface area (Å²) in [6, 6.07) is 9.49. The van der Waals surface area contributed by atoms with E-state index in [-0.39, 0.29) is 34.5 Å². The Balaban J connectivity index is 1.51. The molecule has 2 fully saturated rings. The molecule has 0 radical (unpaired) electrons. The zero-order chi connectivity index (χ0) is 25.2. The van der Waals surface area contributed by atoms with Crippen molar-refractivity contribution in [1.29, 1.82) is 0 Å². The van der Waals surface area contributed by atoms with Crippen molar-refractivity contribution in [1.82, 2.24) is 15.1 Å². The molecule has 2 aromatic carbocycles. The van der Waals surface area contributed by atoms with E-state index in [0.717, 1.165) is 11.8 Å². The number of halogens is 2. The van der Waals surface area contributed by atoms with Gasteiger partial charge in [0.1, 0.15) is 11.6 Å². The van der Waals surface area contributed by atoms with Gasteiger partial charge in [0.15, 0.2) is 0 Å². The van der Waals surface area contributed by atoms with Crippen LogP contribution in [0, 0.1) is 5.82 Å². The minimum atomic E-state index is -3.56. The average molecular weight is 523 g/mol. The fraction of sp³-hybridized carbons (Fsp3) is 0.375. The summed E-state index contributed by atoms with van der Waals surface area (Å²) in [7, 11) is -2.09. The molecule has 11 heteroatoms. The minimum Gasteiger partial charge on any atom is -0.495 e. The molecule has 2 aromatic rings. The van der Waals surface area contributed by atoms with E-state index in [1.807, 2.05) is 4.90 Å². The van der Waals surface area contributed by atoms with Crippen LogP contribution >= 0.6 is 11.6 Å². The molecule has 2 aliphatic rings. The predicted octanol–water partition coefficient (Wildman–Crippen LogP) is 2.56. The zero-order valence-corrected chi connectivity index (χ0v) is 21.1. The normalized spacial score (nSPS) is 20.7. The molecule has 0 spiro atoms. The number of anilines is 1. The van der Waals surface area contributed by atoms with Gasteiger partial charge < -0.3 is 15.0 Å². The summed E-state index contributed by atoms with van der Waals surface area (Å²) in [6.07, 6.45) is 4.07. The summed E-state index contributed by atoms with van der Waals surface area (Å²) < 4.78 is 44.5. The van der Waals surface area contributed by atoms with Crippen molar-refractivity contribution in [2.75, 3.05) is 44.3 Å². The van der Waals surface area contributed by atoms with E-state index >= 15 is 0 Å². The summed E-state index contributed by atoms with van der Waals surface area (Å²) in [4.78, 5) is 17.4. The van der Waals surface area contributed by atoms with E-state index in [2.05, 4.69) is 14.9 Å². The molecule has 2 aliphatic heterocycles. The van der Waals surface area contributed by atoms with Gasteiger partial charge in [0.2, 0.25) is 15.9 Å². The van der Waals surface area contributed by atoms with Crippen LogP contribution in [0.1, 0.15) is 11.1 Å². The number of nitrogens with one attached hydrogen (secondary N) is 2. The first-order valence-electron chi connectivity index (χ1n) is 11.2. The molecule has 2 atom stereocenters. The van der Waals surface area contributed by atoms with Crippen LogP contribution in [0.25, 0.3) is 6.08 Å². The van der Waals surface area contributed by atoms with Gasteiger partial charge in [-0.1, -0.05) is 23.7 Å². The second-order valence-corrected chi connectivity index (χ2v) is 11.0. The van der Waals surface area contributed by atoms with E-state index in [0.29, 0.717) is 44.0 Å². The molecular weight excluding hydrogens is 495 g/mol. The Labute approximate surface area is 209 Å². The Morgan fingerprint density at radius 1 is 1.23 bits per heavy atom. The van der Waals surface area contributed by atoms with E-state index < -0.39 is 10.0 Å². The number of fused-ring (bicyclic) bond motifs is 2. The van der Waals surface area contributed by atoms with E-state index in [1.165, 1.54) is 31.4 Å². The highest BCUT2D eigenvalue weighted by Crippen LogP contribution is 2.32. The predicted molar refractivity (Wildman–Crippen MR) is 134 cm³/mol. The molecule has 2 heterocycles. The minimum absolute atomic E-state index is 0.0199. The Kier molecular flexibility index (Phi) is 7.65. The number of piperazine rings is 2. The fourth-order valence-corrected chi connectivity index (χ4v) is 5.44. The lowest BCUT2D eigenvalue weighted by atomic mass is 10.0. The van der Waals surface area contributed by atoms with Crippen molar-refractivity contribution in [3.05, 3.63) is 64.4 Å². The highest BCUT2D eigenvalue weighted by atomic mass is 35.5. The largest absolute Gasteiger partial charge is 0.495 e. The molecule has 0 aromatic heterocycles. The van der Waals surface area contributed by atoms with Crippen molar-refractivity contribution < 1.29 is 22.3 Å². The number of carbonyl (C=O) groups excluding carboxylic acids is 1. The third-order valence-corrected chi connectivity index (χ3v) is 6.97. The maximum atomic E-state index is 13.3. The van der Waals surface area contributed by atoms with Crippen LogP contribution < -0.4 is 14.8 Å². The Bertz CT molecular complexity index is 1210. The van der Waals surface area contributed by atoms with Crippen molar-refractivity contribution in [2.45, 2.75) is 18.6 Å². The first-order valence-corrected chi connectivity index (χ1v) is 13.4. The number of rotatable bonds is 7. The van der Waals surface area contributed by atoms with Crippen LogP contribution in [-0.2, 0) is 21.4 Å². The molecule has 2 saturated heterocycles. The first kappa shape index (κ1) is 25.4. The monoisotopic (exact) mass is 522 g/mol. The summed E-state index contributed by atoms with van der Waals surface area (Å²) in [6.45, 7) is 3.42. The summed E-state index contributed by atoms with van der Waals surface area (Å²) >= 11 is 6.17. The highest BCUT2D eigenvalue weighted by Gasteiger charge is 2.39. The molecule has 0 aliphatic carbocycles. The van der Waals surface area contributed by atoms with Crippen LogP contribution in [-0.4, -0.2) is 75.8 Å². The number of ether oxygens (including phenoxy) is 1. The second-order valence-electron chi connectivity index (χ2n) is 8.81.